The minimum Gasteiger partial charge on any atom is -0.369 e. The maximum atomic E-state index is 11.9. The third-order valence-corrected chi connectivity index (χ3v) is 2.86. The summed E-state index contributed by atoms with van der Waals surface area (Å²) >= 11 is 0. The third-order valence-electron chi connectivity index (χ3n) is 2.86. The summed E-state index contributed by atoms with van der Waals surface area (Å²) < 4.78 is 0. The van der Waals surface area contributed by atoms with E-state index in [1.165, 1.54) is 6.20 Å². The number of nitrogens with one attached hydrogen (secondary N) is 2. The predicted octanol–water partition coefficient (Wildman–Crippen LogP) is 1.67. The van der Waals surface area contributed by atoms with Crippen molar-refractivity contribution < 1.29 is 4.79 Å². The molecule has 0 atom stereocenters. The number of hydrogen-bond donors (Lipinski definition) is 2. The minimum absolute atomic E-state index is 0.214. The van der Waals surface area contributed by atoms with E-state index in [2.05, 4.69) is 32.5 Å². The summed E-state index contributed by atoms with van der Waals surface area (Å²) in [7, 11) is 0. The van der Waals surface area contributed by atoms with Gasteiger partial charge in [0.1, 0.15) is 11.5 Å². The summed E-state index contributed by atoms with van der Waals surface area (Å²) in [6.07, 6.45) is 8.33. The van der Waals surface area contributed by atoms with Crippen LogP contribution in [0.2, 0.25) is 0 Å². The molecular weight excluding hydrogens is 266 g/mol. The van der Waals surface area contributed by atoms with Gasteiger partial charge >= 0.3 is 0 Å². The predicted molar refractivity (Wildman–Crippen MR) is 81.1 cm³/mol. The molecule has 110 valence electrons. The van der Waals surface area contributed by atoms with Crippen molar-refractivity contribution in [2.45, 2.75) is 19.8 Å². The van der Waals surface area contributed by atoms with Crippen molar-refractivity contribution in [3.05, 3.63) is 48.2 Å². The van der Waals surface area contributed by atoms with Gasteiger partial charge in [0, 0.05) is 25.5 Å². The van der Waals surface area contributed by atoms with Crippen LogP contribution in [-0.2, 0) is 6.42 Å². The molecule has 0 spiro atoms. The van der Waals surface area contributed by atoms with Crippen LogP contribution in [0, 0.1) is 0 Å². The Morgan fingerprint density at radius 1 is 1.19 bits per heavy atom. The highest BCUT2D eigenvalue weighted by atomic mass is 16.1. The fourth-order valence-corrected chi connectivity index (χ4v) is 1.75. The summed E-state index contributed by atoms with van der Waals surface area (Å²) in [5.74, 6) is 0.470. The van der Waals surface area contributed by atoms with E-state index < -0.39 is 0 Å². The van der Waals surface area contributed by atoms with Crippen LogP contribution in [0.1, 0.15) is 29.4 Å². The summed E-state index contributed by atoms with van der Waals surface area (Å²) in [6.45, 7) is 3.46. The van der Waals surface area contributed by atoms with E-state index in [-0.39, 0.29) is 5.91 Å². The number of rotatable bonds is 7. The van der Waals surface area contributed by atoms with Crippen molar-refractivity contribution in [2.75, 3.05) is 18.4 Å². The monoisotopic (exact) mass is 285 g/mol. The first-order valence-electron chi connectivity index (χ1n) is 7.02. The highest BCUT2D eigenvalue weighted by molar-refractivity contribution is 5.91. The van der Waals surface area contributed by atoms with Crippen LogP contribution in [0.15, 0.2) is 36.9 Å². The van der Waals surface area contributed by atoms with Gasteiger partial charge in [0.2, 0.25) is 0 Å². The molecule has 2 aromatic heterocycles. The van der Waals surface area contributed by atoms with Crippen LogP contribution >= 0.6 is 0 Å². The van der Waals surface area contributed by atoms with Crippen LogP contribution in [-0.4, -0.2) is 33.9 Å². The summed E-state index contributed by atoms with van der Waals surface area (Å²) in [4.78, 5) is 24.2. The number of carbonyl (C=O) groups is 1. The van der Waals surface area contributed by atoms with Gasteiger partial charge in [0.05, 0.1) is 12.4 Å². The van der Waals surface area contributed by atoms with Gasteiger partial charge in [-0.25, -0.2) is 9.97 Å². The molecular formula is C15H19N5O. The molecule has 0 radical (unpaired) electrons. The Kier molecular flexibility index (Phi) is 5.63. The van der Waals surface area contributed by atoms with Gasteiger partial charge < -0.3 is 10.6 Å². The first kappa shape index (κ1) is 14.9. The number of anilines is 1. The fourth-order valence-electron chi connectivity index (χ4n) is 1.75. The molecule has 0 bridgehead atoms. The molecule has 6 nitrogen and oxygen atoms in total. The van der Waals surface area contributed by atoms with Crippen molar-refractivity contribution >= 4 is 11.7 Å². The Labute approximate surface area is 124 Å². The largest absolute Gasteiger partial charge is 0.369 e. The summed E-state index contributed by atoms with van der Waals surface area (Å²) in [6, 6.07) is 3.86. The molecule has 2 N–H and O–H groups in total. The maximum absolute atomic E-state index is 11.9. The van der Waals surface area contributed by atoms with Gasteiger partial charge in [-0.2, -0.15) is 0 Å². The lowest BCUT2D eigenvalue weighted by Gasteiger charge is -2.06. The minimum atomic E-state index is -0.214. The van der Waals surface area contributed by atoms with Crippen LogP contribution in [0.5, 0.6) is 0 Å². The molecule has 0 aliphatic carbocycles. The van der Waals surface area contributed by atoms with Crippen molar-refractivity contribution in [3.8, 4) is 0 Å². The second kappa shape index (κ2) is 7.94. The van der Waals surface area contributed by atoms with Gasteiger partial charge in [-0.3, -0.25) is 9.78 Å². The molecule has 0 aromatic carbocycles. The number of nitrogens with zero attached hydrogens (tertiary/aromatic N) is 3. The number of hydrogen-bond acceptors (Lipinski definition) is 5. The maximum Gasteiger partial charge on any atom is 0.271 e. The normalized spacial score (nSPS) is 10.1. The molecule has 0 unspecified atom stereocenters. The van der Waals surface area contributed by atoms with E-state index in [0.717, 1.165) is 24.9 Å². The zero-order chi connectivity index (χ0) is 14.9. The van der Waals surface area contributed by atoms with Crippen LogP contribution < -0.4 is 10.6 Å². The smallest absolute Gasteiger partial charge is 0.271 e. The molecule has 2 rings (SSSR count). The van der Waals surface area contributed by atoms with Crippen molar-refractivity contribution in [3.63, 3.8) is 0 Å². The van der Waals surface area contributed by atoms with Crippen molar-refractivity contribution in [1.29, 1.82) is 0 Å². The molecule has 2 heterocycles. The zero-order valence-corrected chi connectivity index (χ0v) is 12.0. The molecule has 0 saturated heterocycles. The molecule has 0 saturated carbocycles. The van der Waals surface area contributed by atoms with Crippen molar-refractivity contribution in [2.24, 2.45) is 0 Å². The Bertz CT molecular complexity index is 556. The molecule has 21 heavy (non-hydrogen) atoms. The summed E-state index contributed by atoms with van der Waals surface area (Å²) in [5.41, 5.74) is 1.41. The van der Waals surface area contributed by atoms with Crippen LogP contribution in [0.4, 0.5) is 5.82 Å². The molecule has 0 aliphatic rings. The second-order valence-corrected chi connectivity index (χ2v) is 4.58. The van der Waals surface area contributed by atoms with E-state index in [9.17, 15) is 4.79 Å². The highest BCUT2D eigenvalue weighted by Gasteiger charge is 2.07. The Morgan fingerprint density at radius 2 is 2.10 bits per heavy atom. The molecule has 0 aliphatic heterocycles. The topological polar surface area (TPSA) is 79.8 Å². The van der Waals surface area contributed by atoms with E-state index in [4.69, 9.17) is 0 Å². The Balaban J connectivity index is 1.80. The van der Waals surface area contributed by atoms with Crippen LogP contribution in [0.3, 0.4) is 0 Å². The number of amides is 1. The van der Waals surface area contributed by atoms with Gasteiger partial charge in [-0.05, 0) is 24.5 Å². The quantitative estimate of drug-likeness (QED) is 0.809. The standard InChI is InChI=1S/C15H19N5O/c1-2-6-17-14-11-19-13(10-20-14)15(21)18-8-5-12-4-3-7-16-9-12/h3-4,7,9-11H,2,5-6,8H2,1H3,(H,17,20)(H,18,21). The zero-order valence-electron chi connectivity index (χ0n) is 12.0. The number of carbonyl (C=O) groups excluding carboxylic acids is 1. The SMILES string of the molecule is CCCNc1cnc(C(=O)NCCc2cccnc2)cn1. The average Bonchev–Trinajstić information content (AvgIpc) is 2.54. The van der Waals surface area contributed by atoms with E-state index in [0.29, 0.717) is 18.1 Å². The van der Waals surface area contributed by atoms with Crippen molar-refractivity contribution in [1.82, 2.24) is 20.3 Å². The van der Waals surface area contributed by atoms with Gasteiger partial charge in [-0.1, -0.05) is 13.0 Å². The molecule has 6 heteroatoms. The first-order chi connectivity index (χ1) is 10.3. The third kappa shape index (κ3) is 4.83. The highest BCUT2D eigenvalue weighted by Crippen LogP contribution is 2.01. The summed E-state index contributed by atoms with van der Waals surface area (Å²) in [5, 5.41) is 5.93. The Hall–Kier alpha value is -2.50. The number of pyridine rings is 1. The Morgan fingerprint density at radius 3 is 2.76 bits per heavy atom. The van der Waals surface area contributed by atoms with Crippen LogP contribution in [0.25, 0.3) is 0 Å². The first-order valence-corrected chi connectivity index (χ1v) is 7.02. The second-order valence-electron chi connectivity index (χ2n) is 4.58. The fraction of sp³-hybridized carbons (Fsp3) is 0.333. The van der Waals surface area contributed by atoms with E-state index >= 15 is 0 Å². The van der Waals surface area contributed by atoms with Gasteiger partial charge in [0.15, 0.2) is 0 Å². The van der Waals surface area contributed by atoms with Gasteiger partial charge in [-0.15, -0.1) is 0 Å². The average molecular weight is 285 g/mol. The lowest BCUT2D eigenvalue weighted by atomic mass is 10.2. The lowest BCUT2D eigenvalue weighted by Crippen LogP contribution is -2.26. The van der Waals surface area contributed by atoms with E-state index in [1.807, 2.05) is 12.1 Å². The molecule has 2 aromatic rings. The molecule has 1 amide bonds. The van der Waals surface area contributed by atoms with E-state index in [1.54, 1.807) is 18.6 Å². The number of aromatic nitrogens is 3. The lowest BCUT2D eigenvalue weighted by molar-refractivity contribution is 0.0949. The molecule has 0 fully saturated rings. The van der Waals surface area contributed by atoms with Gasteiger partial charge in [0.25, 0.3) is 5.91 Å².